The van der Waals surface area contributed by atoms with Crippen LogP contribution in [-0.4, -0.2) is 21.2 Å². The Morgan fingerprint density at radius 3 is 2.75 bits per heavy atom. The highest BCUT2D eigenvalue weighted by atomic mass is 15.3. The van der Waals surface area contributed by atoms with Crippen molar-refractivity contribution in [3.05, 3.63) is 65.9 Å². The number of anilines is 4. The van der Waals surface area contributed by atoms with Crippen molar-refractivity contribution >= 4 is 23.1 Å². The minimum atomic E-state index is 0.352. The maximum atomic E-state index is 4.68. The summed E-state index contributed by atoms with van der Waals surface area (Å²) < 4.78 is 0. The first-order valence-electron chi connectivity index (χ1n) is 8.12. The van der Waals surface area contributed by atoms with Crippen LogP contribution in [0.15, 0.2) is 54.7 Å². The molecule has 1 atom stereocenters. The number of aromatic nitrogens is 3. The molecule has 1 aliphatic heterocycles. The Bertz CT molecular complexity index is 877. The van der Waals surface area contributed by atoms with Gasteiger partial charge in [0.05, 0.1) is 6.20 Å². The predicted octanol–water partition coefficient (Wildman–Crippen LogP) is 4.01. The summed E-state index contributed by atoms with van der Waals surface area (Å²) in [6.45, 7) is 4.26. The van der Waals surface area contributed by atoms with Gasteiger partial charge in [-0.05, 0) is 43.5 Å². The Hall–Kier alpha value is -2.95. The molecule has 2 heterocycles. The highest BCUT2D eigenvalue weighted by Gasteiger charge is 2.28. The van der Waals surface area contributed by atoms with Crippen LogP contribution in [0.3, 0.4) is 0 Å². The number of rotatable bonds is 3. The first-order chi connectivity index (χ1) is 11.7. The third-order valence-electron chi connectivity index (χ3n) is 4.39. The summed E-state index contributed by atoms with van der Waals surface area (Å²) in [5.41, 5.74) is 4.68. The van der Waals surface area contributed by atoms with E-state index in [2.05, 4.69) is 69.6 Å². The van der Waals surface area contributed by atoms with E-state index in [1.54, 1.807) is 6.20 Å². The van der Waals surface area contributed by atoms with Crippen molar-refractivity contribution in [2.24, 2.45) is 0 Å². The minimum Gasteiger partial charge on any atom is -0.323 e. The molecular weight excluding hydrogens is 298 g/mol. The zero-order valence-corrected chi connectivity index (χ0v) is 13.8. The number of nitrogens with zero attached hydrogens (tertiary/aromatic N) is 4. The molecule has 5 nitrogen and oxygen atoms in total. The maximum Gasteiger partial charge on any atom is 0.249 e. The van der Waals surface area contributed by atoms with Gasteiger partial charge in [0.1, 0.15) is 0 Å². The largest absolute Gasteiger partial charge is 0.323 e. The summed E-state index contributed by atoms with van der Waals surface area (Å²) in [6, 6.07) is 16.9. The fourth-order valence-electron chi connectivity index (χ4n) is 3.21. The molecule has 0 saturated carbocycles. The molecule has 2 aromatic carbocycles. The molecule has 0 fully saturated rings. The van der Waals surface area contributed by atoms with Crippen molar-refractivity contribution < 1.29 is 0 Å². The highest BCUT2D eigenvalue weighted by Crippen LogP contribution is 2.37. The van der Waals surface area contributed by atoms with Gasteiger partial charge in [0, 0.05) is 17.4 Å². The zero-order valence-electron chi connectivity index (χ0n) is 13.8. The summed E-state index contributed by atoms with van der Waals surface area (Å²) in [4.78, 5) is 6.91. The number of fused-ring (bicyclic) bond motifs is 1. The standard InChI is InChI=1S/C19H19N5/c1-13-7-3-5-9-16(13)21-19-22-18(12-20-23-19)24-14(2)11-15-8-4-6-10-17(15)24/h3-10,12,14H,11H2,1-2H3,(H,21,22,23). The summed E-state index contributed by atoms with van der Waals surface area (Å²) in [5.74, 6) is 1.33. The van der Waals surface area contributed by atoms with Crippen LogP contribution in [0, 0.1) is 6.92 Å². The predicted molar refractivity (Wildman–Crippen MR) is 96.0 cm³/mol. The van der Waals surface area contributed by atoms with Crippen LogP contribution in [-0.2, 0) is 6.42 Å². The molecule has 3 aromatic rings. The number of aryl methyl sites for hydroxylation is 1. The van der Waals surface area contributed by atoms with Crippen LogP contribution in [0.5, 0.6) is 0 Å². The zero-order chi connectivity index (χ0) is 16.5. The fourth-order valence-corrected chi connectivity index (χ4v) is 3.21. The van der Waals surface area contributed by atoms with Crippen molar-refractivity contribution in [1.29, 1.82) is 0 Å². The van der Waals surface area contributed by atoms with Crippen LogP contribution in [0.25, 0.3) is 0 Å². The van der Waals surface area contributed by atoms with Crippen LogP contribution >= 0.6 is 0 Å². The van der Waals surface area contributed by atoms with Gasteiger partial charge in [-0.2, -0.15) is 10.1 Å². The first-order valence-corrected chi connectivity index (χ1v) is 8.12. The molecule has 1 aromatic heterocycles. The Balaban J connectivity index is 1.67. The minimum absolute atomic E-state index is 0.352. The fraction of sp³-hybridized carbons (Fsp3) is 0.211. The van der Waals surface area contributed by atoms with Crippen LogP contribution in [0.2, 0.25) is 0 Å². The van der Waals surface area contributed by atoms with Gasteiger partial charge >= 0.3 is 0 Å². The van der Waals surface area contributed by atoms with Gasteiger partial charge in [0.25, 0.3) is 0 Å². The number of benzene rings is 2. The smallest absolute Gasteiger partial charge is 0.249 e. The second-order valence-electron chi connectivity index (χ2n) is 6.13. The number of hydrogen-bond donors (Lipinski definition) is 1. The molecule has 0 bridgehead atoms. The number of para-hydroxylation sites is 2. The van der Waals surface area contributed by atoms with Crippen LogP contribution in [0.4, 0.5) is 23.1 Å². The molecular formula is C19H19N5. The van der Waals surface area contributed by atoms with E-state index in [1.165, 1.54) is 11.3 Å². The third kappa shape index (κ3) is 2.58. The van der Waals surface area contributed by atoms with Gasteiger partial charge in [0.15, 0.2) is 5.82 Å². The summed E-state index contributed by atoms with van der Waals surface area (Å²) in [6.07, 6.45) is 2.74. The Labute approximate surface area is 141 Å². The van der Waals surface area contributed by atoms with Crippen molar-refractivity contribution in [2.45, 2.75) is 26.3 Å². The molecule has 24 heavy (non-hydrogen) atoms. The number of nitrogens with one attached hydrogen (secondary N) is 1. The molecule has 0 amide bonds. The SMILES string of the molecule is Cc1ccccc1Nc1nncc(N2c3ccccc3CC2C)n1. The van der Waals surface area contributed by atoms with E-state index in [4.69, 9.17) is 0 Å². The highest BCUT2D eigenvalue weighted by molar-refractivity contribution is 5.69. The molecule has 0 spiro atoms. The average molecular weight is 317 g/mol. The van der Waals surface area contributed by atoms with E-state index < -0.39 is 0 Å². The van der Waals surface area contributed by atoms with E-state index in [1.807, 2.05) is 18.2 Å². The Morgan fingerprint density at radius 2 is 1.88 bits per heavy atom. The Kier molecular flexibility index (Phi) is 3.61. The molecule has 1 unspecified atom stereocenters. The van der Waals surface area contributed by atoms with Gasteiger partial charge in [-0.25, -0.2) is 0 Å². The van der Waals surface area contributed by atoms with E-state index in [0.29, 0.717) is 12.0 Å². The molecule has 1 aliphatic rings. The monoisotopic (exact) mass is 317 g/mol. The van der Waals surface area contributed by atoms with E-state index >= 15 is 0 Å². The van der Waals surface area contributed by atoms with Gasteiger partial charge < -0.3 is 10.2 Å². The lowest BCUT2D eigenvalue weighted by Crippen LogP contribution is -2.25. The van der Waals surface area contributed by atoms with Crippen LogP contribution < -0.4 is 10.2 Å². The molecule has 1 N–H and O–H groups in total. The van der Waals surface area contributed by atoms with Crippen molar-refractivity contribution in [3.63, 3.8) is 0 Å². The maximum absolute atomic E-state index is 4.68. The summed E-state index contributed by atoms with van der Waals surface area (Å²) >= 11 is 0. The molecule has 0 radical (unpaired) electrons. The molecule has 5 heteroatoms. The van der Waals surface area contributed by atoms with Gasteiger partial charge in [-0.3, -0.25) is 0 Å². The molecule has 4 rings (SSSR count). The Morgan fingerprint density at radius 1 is 1.08 bits per heavy atom. The van der Waals surface area contributed by atoms with E-state index in [0.717, 1.165) is 23.5 Å². The third-order valence-corrected chi connectivity index (χ3v) is 4.39. The molecule has 0 saturated heterocycles. The van der Waals surface area contributed by atoms with Gasteiger partial charge in [0.2, 0.25) is 5.95 Å². The lowest BCUT2D eigenvalue weighted by atomic mass is 10.1. The van der Waals surface area contributed by atoms with E-state index in [9.17, 15) is 0 Å². The first kappa shape index (κ1) is 14.6. The molecule has 0 aliphatic carbocycles. The van der Waals surface area contributed by atoms with Crippen molar-refractivity contribution in [1.82, 2.24) is 15.2 Å². The normalized spacial score (nSPS) is 16.1. The summed E-state index contributed by atoms with van der Waals surface area (Å²) in [5, 5.41) is 11.5. The van der Waals surface area contributed by atoms with Gasteiger partial charge in [-0.15, -0.1) is 5.10 Å². The topological polar surface area (TPSA) is 53.9 Å². The van der Waals surface area contributed by atoms with E-state index in [-0.39, 0.29) is 0 Å². The second kappa shape index (κ2) is 5.92. The van der Waals surface area contributed by atoms with Crippen LogP contribution in [0.1, 0.15) is 18.1 Å². The van der Waals surface area contributed by atoms with Crippen molar-refractivity contribution in [2.75, 3.05) is 10.2 Å². The lowest BCUT2D eigenvalue weighted by molar-refractivity contribution is 0.745. The average Bonchev–Trinajstić information content (AvgIpc) is 2.93. The number of hydrogen-bond acceptors (Lipinski definition) is 5. The quantitative estimate of drug-likeness (QED) is 0.791. The lowest BCUT2D eigenvalue weighted by Gasteiger charge is -2.23. The summed E-state index contributed by atoms with van der Waals surface area (Å²) in [7, 11) is 0. The molecule has 120 valence electrons. The van der Waals surface area contributed by atoms with Gasteiger partial charge in [-0.1, -0.05) is 36.4 Å². The van der Waals surface area contributed by atoms with Crippen molar-refractivity contribution in [3.8, 4) is 0 Å². The second-order valence-corrected chi connectivity index (χ2v) is 6.13.